The van der Waals surface area contributed by atoms with Crippen LogP contribution < -0.4 is 5.32 Å². The Morgan fingerprint density at radius 1 is 0.481 bits per heavy atom. The Bertz CT molecular complexity index is 840. The topological polar surface area (TPSA) is 89.8 Å². The maximum Gasteiger partial charge on any atom is 0.222 e. The van der Waals surface area contributed by atoms with Crippen molar-refractivity contribution < 1.29 is 20.1 Å². The van der Waals surface area contributed by atoms with Crippen LogP contribution in [0.5, 0.6) is 0 Å². The molecule has 0 aromatic heterocycles. The zero-order valence-electron chi connectivity index (χ0n) is 36.1. The van der Waals surface area contributed by atoms with Gasteiger partial charge in [0.15, 0.2) is 0 Å². The van der Waals surface area contributed by atoms with Gasteiger partial charge in [-0.15, -0.1) is 0 Å². The summed E-state index contributed by atoms with van der Waals surface area (Å²) in [5.74, 6) is -0.319. The molecule has 0 saturated heterocycles. The van der Waals surface area contributed by atoms with Crippen LogP contribution in [0.4, 0.5) is 0 Å². The quantitative estimate of drug-likeness (QED) is 0.0368. The van der Waals surface area contributed by atoms with Gasteiger partial charge in [0.1, 0.15) is 0 Å². The molecule has 0 radical (unpaired) electrons. The van der Waals surface area contributed by atoms with E-state index in [2.05, 4.69) is 43.5 Å². The third-order valence-corrected chi connectivity index (χ3v) is 10.9. The summed E-state index contributed by atoms with van der Waals surface area (Å²) >= 11 is 0. The first-order valence-electron chi connectivity index (χ1n) is 23.8. The van der Waals surface area contributed by atoms with Gasteiger partial charge in [0, 0.05) is 0 Å². The fraction of sp³-hybridized carbons (Fsp3) is 0.857. The van der Waals surface area contributed by atoms with E-state index >= 15 is 0 Å². The van der Waals surface area contributed by atoms with Crippen molar-refractivity contribution in [3.63, 3.8) is 0 Å². The van der Waals surface area contributed by atoms with E-state index in [-0.39, 0.29) is 18.9 Å². The van der Waals surface area contributed by atoms with E-state index in [0.717, 1.165) is 32.1 Å². The number of amides is 1. The monoisotopic (exact) mass is 760 g/mol. The van der Waals surface area contributed by atoms with Gasteiger partial charge in [0.25, 0.3) is 0 Å². The molecule has 5 nitrogen and oxygen atoms in total. The summed E-state index contributed by atoms with van der Waals surface area (Å²) < 4.78 is 0. The molecule has 3 unspecified atom stereocenters. The van der Waals surface area contributed by atoms with Crippen molar-refractivity contribution in [2.24, 2.45) is 0 Å². The van der Waals surface area contributed by atoms with Gasteiger partial charge in [0.05, 0.1) is 31.3 Å². The van der Waals surface area contributed by atoms with Crippen LogP contribution in [0.25, 0.3) is 0 Å². The Morgan fingerprint density at radius 3 is 1.22 bits per heavy atom. The molecule has 0 spiro atoms. The number of aliphatic hydroxyl groups is 3. The molecular formula is C49H93NO4. The van der Waals surface area contributed by atoms with Crippen molar-refractivity contribution in [2.75, 3.05) is 6.61 Å². The fourth-order valence-electron chi connectivity index (χ4n) is 7.25. The van der Waals surface area contributed by atoms with E-state index in [1.165, 1.54) is 186 Å². The van der Waals surface area contributed by atoms with E-state index in [1.807, 2.05) is 6.08 Å². The molecule has 1 amide bonds. The first-order valence-corrected chi connectivity index (χ1v) is 23.8. The molecule has 0 saturated carbocycles. The molecule has 0 aliphatic heterocycles. The van der Waals surface area contributed by atoms with Crippen LogP contribution >= 0.6 is 0 Å². The SMILES string of the molecule is CCCCCCCCCCC/C=C\C/C=C\CCCCCCCCCC(O)CC(=O)NC(CO)C(O)/C=C/CCCCCCCCCCCCCCCC. The van der Waals surface area contributed by atoms with Gasteiger partial charge >= 0.3 is 0 Å². The Labute approximate surface area is 336 Å². The largest absolute Gasteiger partial charge is 0.394 e. The molecule has 3 atom stereocenters. The highest BCUT2D eigenvalue weighted by Gasteiger charge is 2.20. The number of hydrogen-bond acceptors (Lipinski definition) is 4. The Hall–Kier alpha value is -1.43. The average molecular weight is 760 g/mol. The van der Waals surface area contributed by atoms with E-state index in [1.54, 1.807) is 6.08 Å². The average Bonchev–Trinajstić information content (AvgIpc) is 3.16. The van der Waals surface area contributed by atoms with Crippen molar-refractivity contribution >= 4 is 5.91 Å². The van der Waals surface area contributed by atoms with Gasteiger partial charge < -0.3 is 20.6 Å². The molecule has 0 aromatic carbocycles. The third-order valence-electron chi connectivity index (χ3n) is 10.9. The Morgan fingerprint density at radius 2 is 0.833 bits per heavy atom. The van der Waals surface area contributed by atoms with Crippen LogP contribution in [-0.2, 0) is 4.79 Å². The predicted molar refractivity (Wildman–Crippen MR) is 236 cm³/mol. The number of aliphatic hydroxyl groups excluding tert-OH is 3. The fourth-order valence-corrected chi connectivity index (χ4v) is 7.25. The second kappa shape index (κ2) is 44.3. The minimum Gasteiger partial charge on any atom is -0.394 e. The number of hydrogen-bond donors (Lipinski definition) is 4. The van der Waals surface area contributed by atoms with Gasteiger partial charge in [-0.3, -0.25) is 4.79 Å². The zero-order chi connectivity index (χ0) is 39.4. The molecule has 0 heterocycles. The van der Waals surface area contributed by atoms with Crippen molar-refractivity contribution in [3.05, 3.63) is 36.5 Å². The number of rotatable bonds is 43. The number of nitrogens with one attached hydrogen (secondary N) is 1. The van der Waals surface area contributed by atoms with E-state index < -0.39 is 18.2 Å². The molecule has 54 heavy (non-hydrogen) atoms. The van der Waals surface area contributed by atoms with Gasteiger partial charge in [-0.1, -0.05) is 224 Å². The smallest absolute Gasteiger partial charge is 0.222 e. The molecule has 5 heteroatoms. The van der Waals surface area contributed by atoms with Crippen LogP contribution in [0.1, 0.15) is 245 Å². The first kappa shape index (κ1) is 52.6. The van der Waals surface area contributed by atoms with Gasteiger partial charge in [-0.2, -0.15) is 0 Å². The third kappa shape index (κ3) is 40.2. The van der Waals surface area contributed by atoms with Crippen molar-refractivity contribution in [1.29, 1.82) is 0 Å². The lowest BCUT2D eigenvalue weighted by Gasteiger charge is -2.21. The highest BCUT2D eigenvalue weighted by Crippen LogP contribution is 2.15. The molecule has 318 valence electrons. The van der Waals surface area contributed by atoms with Crippen molar-refractivity contribution in [2.45, 2.75) is 263 Å². The summed E-state index contributed by atoms with van der Waals surface area (Å²) in [4.78, 5) is 12.5. The van der Waals surface area contributed by atoms with E-state index in [9.17, 15) is 20.1 Å². The number of carbonyl (C=O) groups excluding carboxylic acids is 1. The summed E-state index contributed by atoms with van der Waals surface area (Å²) in [6, 6.07) is -0.746. The molecule has 0 fully saturated rings. The van der Waals surface area contributed by atoms with Crippen LogP contribution in [0.3, 0.4) is 0 Å². The second-order valence-electron chi connectivity index (χ2n) is 16.4. The molecule has 4 N–H and O–H groups in total. The highest BCUT2D eigenvalue weighted by atomic mass is 16.3. The molecule has 0 aliphatic rings. The molecule has 0 bridgehead atoms. The first-order chi connectivity index (χ1) is 26.5. The Balaban J connectivity index is 3.65. The normalized spacial score (nSPS) is 13.8. The van der Waals surface area contributed by atoms with Crippen LogP contribution in [0, 0.1) is 0 Å². The predicted octanol–water partition coefficient (Wildman–Crippen LogP) is 13.9. The van der Waals surface area contributed by atoms with Gasteiger partial charge in [-0.25, -0.2) is 0 Å². The lowest BCUT2D eigenvalue weighted by molar-refractivity contribution is -0.124. The zero-order valence-corrected chi connectivity index (χ0v) is 36.1. The standard InChI is InChI=1S/C49H93NO4/c1-3-5-7-9-11-13-15-17-19-21-22-23-24-25-26-27-28-30-32-34-36-38-40-42-46(52)44-49(54)50-47(45-51)48(53)43-41-39-37-35-33-31-29-20-18-16-14-12-10-8-6-4-2/h22-23,25-26,41,43,46-48,51-53H,3-21,24,27-40,42,44-45H2,1-2H3,(H,50,54)/b23-22-,26-25-,43-41+. The Kier molecular flexibility index (Phi) is 43.1. The molecule has 0 rings (SSSR count). The highest BCUT2D eigenvalue weighted by molar-refractivity contribution is 5.76. The number of carbonyl (C=O) groups is 1. The molecule has 0 aromatic rings. The summed E-state index contributed by atoms with van der Waals surface area (Å²) in [7, 11) is 0. The maximum absolute atomic E-state index is 12.5. The minimum atomic E-state index is -0.931. The lowest BCUT2D eigenvalue weighted by atomic mass is 10.0. The number of allylic oxidation sites excluding steroid dienone is 5. The summed E-state index contributed by atoms with van der Waals surface area (Å²) in [6.45, 7) is 4.22. The van der Waals surface area contributed by atoms with Gasteiger partial charge in [0.2, 0.25) is 5.91 Å². The van der Waals surface area contributed by atoms with Crippen LogP contribution in [0.15, 0.2) is 36.5 Å². The maximum atomic E-state index is 12.5. The van der Waals surface area contributed by atoms with Crippen LogP contribution in [0.2, 0.25) is 0 Å². The summed E-state index contributed by atoms with van der Waals surface area (Å²) in [6.07, 6.45) is 55.8. The van der Waals surface area contributed by atoms with E-state index in [4.69, 9.17) is 0 Å². The van der Waals surface area contributed by atoms with Crippen molar-refractivity contribution in [1.82, 2.24) is 5.32 Å². The molecular weight excluding hydrogens is 667 g/mol. The second-order valence-corrected chi connectivity index (χ2v) is 16.4. The number of unbranched alkanes of at least 4 members (excludes halogenated alkanes) is 30. The van der Waals surface area contributed by atoms with Gasteiger partial charge in [-0.05, 0) is 51.4 Å². The van der Waals surface area contributed by atoms with E-state index in [0.29, 0.717) is 6.42 Å². The summed E-state index contributed by atoms with van der Waals surface area (Å²) in [5.41, 5.74) is 0. The lowest BCUT2D eigenvalue weighted by Crippen LogP contribution is -2.45. The minimum absolute atomic E-state index is 0.00853. The van der Waals surface area contributed by atoms with Crippen molar-refractivity contribution in [3.8, 4) is 0 Å². The molecule has 0 aliphatic carbocycles. The van der Waals surface area contributed by atoms with Crippen LogP contribution in [-0.4, -0.2) is 46.1 Å². The summed E-state index contributed by atoms with van der Waals surface area (Å²) in [5, 5.41) is 33.3.